The van der Waals surface area contributed by atoms with Crippen molar-refractivity contribution in [2.45, 2.75) is 39.5 Å². The molecule has 0 radical (unpaired) electrons. The van der Waals surface area contributed by atoms with E-state index in [1.54, 1.807) is 0 Å². The lowest BCUT2D eigenvalue weighted by Gasteiger charge is -2.40. The Morgan fingerprint density at radius 2 is 2.16 bits per heavy atom. The Balaban J connectivity index is 1.24. The maximum atomic E-state index is 12.1. The molecular formula is C18H23N5O2. The van der Waals surface area contributed by atoms with Gasteiger partial charge in [0.2, 0.25) is 5.91 Å². The molecule has 1 amide bonds. The largest absolute Gasteiger partial charge is 0.361 e. The predicted octanol–water partition coefficient (Wildman–Crippen LogP) is 1.37. The van der Waals surface area contributed by atoms with Gasteiger partial charge in [-0.1, -0.05) is 5.16 Å². The molecule has 7 nitrogen and oxygen atoms in total. The highest BCUT2D eigenvalue weighted by molar-refractivity contribution is 5.79. The summed E-state index contributed by atoms with van der Waals surface area (Å²) in [6.07, 6.45) is 3.69. The van der Waals surface area contributed by atoms with E-state index in [-0.39, 0.29) is 5.91 Å². The fourth-order valence-corrected chi connectivity index (χ4v) is 3.59. The van der Waals surface area contributed by atoms with Gasteiger partial charge in [-0.3, -0.25) is 4.79 Å². The number of carbonyl (C=O) groups is 1. The van der Waals surface area contributed by atoms with Crippen LogP contribution in [0.25, 0.3) is 0 Å². The van der Waals surface area contributed by atoms with E-state index in [9.17, 15) is 4.79 Å². The number of fused-ring (bicyclic) bond motifs is 1. The maximum absolute atomic E-state index is 12.1. The zero-order chi connectivity index (χ0) is 17.4. The van der Waals surface area contributed by atoms with E-state index in [1.807, 2.05) is 13.8 Å². The van der Waals surface area contributed by atoms with Gasteiger partial charge in [-0.25, -0.2) is 0 Å². The van der Waals surface area contributed by atoms with Crippen LogP contribution < -0.4 is 10.2 Å². The number of amides is 1. The third-order valence-corrected chi connectivity index (χ3v) is 5.19. The van der Waals surface area contributed by atoms with Gasteiger partial charge in [-0.05, 0) is 44.7 Å². The van der Waals surface area contributed by atoms with Crippen LogP contribution in [0.5, 0.6) is 0 Å². The molecule has 2 aromatic heterocycles. The molecule has 1 saturated heterocycles. The number of anilines is 1. The molecule has 0 bridgehead atoms. The molecule has 1 fully saturated rings. The minimum atomic E-state index is 0.0187. The van der Waals surface area contributed by atoms with Gasteiger partial charge < -0.3 is 14.7 Å². The summed E-state index contributed by atoms with van der Waals surface area (Å²) in [6.45, 7) is 6.22. The maximum Gasteiger partial charge on any atom is 0.224 e. The fourth-order valence-electron chi connectivity index (χ4n) is 3.59. The van der Waals surface area contributed by atoms with Crippen molar-refractivity contribution in [3.63, 3.8) is 0 Å². The van der Waals surface area contributed by atoms with Crippen LogP contribution in [0, 0.1) is 19.8 Å². The quantitative estimate of drug-likeness (QED) is 0.884. The molecule has 2 aromatic rings. The molecule has 1 aliphatic carbocycles. The van der Waals surface area contributed by atoms with Crippen molar-refractivity contribution in [3.8, 4) is 0 Å². The lowest BCUT2D eigenvalue weighted by atomic mass is 9.99. The summed E-state index contributed by atoms with van der Waals surface area (Å²) in [5, 5.41) is 15.6. The van der Waals surface area contributed by atoms with E-state index in [1.165, 1.54) is 12.0 Å². The summed E-state index contributed by atoms with van der Waals surface area (Å²) in [4.78, 5) is 14.4. The van der Waals surface area contributed by atoms with Crippen molar-refractivity contribution in [1.82, 2.24) is 20.7 Å². The van der Waals surface area contributed by atoms with E-state index in [2.05, 4.69) is 31.6 Å². The van der Waals surface area contributed by atoms with E-state index < -0.39 is 0 Å². The third kappa shape index (κ3) is 3.23. The molecule has 0 atom stereocenters. The van der Waals surface area contributed by atoms with Crippen LogP contribution >= 0.6 is 0 Å². The van der Waals surface area contributed by atoms with Crippen molar-refractivity contribution in [3.05, 3.63) is 34.3 Å². The molecular weight excluding hydrogens is 318 g/mol. The summed E-state index contributed by atoms with van der Waals surface area (Å²) in [7, 11) is 0. The van der Waals surface area contributed by atoms with Crippen molar-refractivity contribution >= 4 is 11.7 Å². The van der Waals surface area contributed by atoms with Gasteiger partial charge in [0.05, 0.1) is 17.8 Å². The lowest BCUT2D eigenvalue weighted by molar-refractivity contribution is -0.120. The van der Waals surface area contributed by atoms with Gasteiger partial charge >= 0.3 is 0 Å². The third-order valence-electron chi connectivity index (χ3n) is 5.19. The zero-order valence-electron chi connectivity index (χ0n) is 14.7. The van der Waals surface area contributed by atoms with Gasteiger partial charge in [0.25, 0.3) is 0 Å². The van der Waals surface area contributed by atoms with Crippen molar-refractivity contribution in [2.75, 3.05) is 24.5 Å². The van der Waals surface area contributed by atoms with Crippen molar-refractivity contribution in [2.24, 2.45) is 5.92 Å². The molecule has 132 valence electrons. The molecule has 1 aliphatic heterocycles. The Labute approximate surface area is 146 Å². The van der Waals surface area contributed by atoms with Crippen LogP contribution in [0.1, 0.15) is 34.7 Å². The first kappa shape index (κ1) is 16.1. The molecule has 1 N–H and O–H groups in total. The minimum absolute atomic E-state index is 0.0187. The predicted molar refractivity (Wildman–Crippen MR) is 92.5 cm³/mol. The lowest BCUT2D eigenvalue weighted by Crippen LogP contribution is -2.52. The first-order valence-electron chi connectivity index (χ1n) is 8.89. The second-order valence-electron chi connectivity index (χ2n) is 7.08. The van der Waals surface area contributed by atoms with E-state index >= 15 is 0 Å². The number of nitrogens with one attached hydrogen (secondary N) is 1. The summed E-state index contributed by atoms with van der Waals surface area (Å²) in [5.74, 6) is 2.17. The normalized spacial score (nSPS) is 16.6. The van der Waals surface area contributed by atoms with E-state index in [0.717, 1.165) is 54.5 Å². The molecule has 3 heterocycles. The zero-order valence-corrected chi connectivity index (χ0v) is 14.7. The van der Waals surface area contributed by atoms with E-state index in [4.69, 9.17) is 4.52 Å². The highest BCUT2D eigenvalue weighted by Gasteiger charge is 2.29. The Hall–Kier alpha value is -2.44. The Morgan fingerprint density at radius 3 is 2.92 bits per heavy atom. The Bertz CT molecular complexity index is 775. The number of aromatic nitrogens is 3. The second kappa shape index (κ2) is 6.46. The van der Waals surface area contributed by atoms with Gasteiger partial charge in [0, 0.05) is 31.1 Å². The molecule has 2 aliphatic rings. The fraction of sp³-hybridized carbons (Fsp3) is 0.556. The molecule has 7 heteroatoms. The van der Waals surface area contributed by atoms with E-state index in [0.29, 0.717) is 18.9 Å². The number of carbonyl (C=O) groups excluding carboxylic acids is 1. The highest BCUT2D eigenvalue weighted by Crippen LogP contribution is 2.26. The average molecular weight is 341 g/mol. The van der Waals surface area contributed by atoms with Gasteiger partial charge in [-0.15, -0.1) is 5.10 Å². The highest BCUT2D eigenvalue weighted by atomic mass is 16.5. The number of rotatable bonds is 5. The van der Waals surface area contributed by atoms with Crippen LogP contribution in [-0.2, 0) is 24.1 Å². The number of nitrogens with zero attached hydrogens (tertiary/aromatic N) is 4. The van der Waals surface area contributed by atoms with Crippen LogP contribution in [-0.4, -0.2) is 40.9 Å². The van der Waals surface area contributed by atoms with Crippen molar-refractivity contribution in [1.29, 1.82) is 0 Å². The van der Waals surface area contributed by atoms with Gasteiger partial charge in [0.1, 0.15) is 5.76 Å². The average Bonchev–Trinajstić information content (AvgIpc) is 3.14. The topological polar surface area (TPSA) is 84.2 Å². The van der Waals surface area contributed by atoms with Gasteiger partial charge in [-0.2, -0.15) is 5.10 Å². The van der Waals surface area contributed by atoms with Crippen LogP contribution in [0.15, 0.2) is 10.6 Å². The smallest absolute Gasteiger partial charge is 0.224 e. The molecule has 25 heavy (non-hydrogen) atoms. The van der Waals surface area contributed by atoms with Crippen LogP contribution in [0.4, 0.5) is 5.82 Å². The standard InChI is InChI=1S/C18H23N5O2/c1-11-15(12(2)25-22-11)7-18(24)19-8-13-9-23(10-13)17-6-14-4-3-5-16(14)20-21-17/h6,13H,3-5,7-10H2,1-2H3,(H,19,24). The number of aryl methyl sites for hydroxylation is 4. The Kier molecular flexibility index (Phi) is 4.15. The summed E-state index contributed by atoms with van der Waals surface area (Å²) >= 11 is 0. The summed E-state index contributed by atoms with van der Waals surface area (Å²) < 4.78 is 5.10. The molecule has 0 saturated carbocycles. The molecule has 0 spiro atoms. The number of hydrogen-bond acceptors (Lipinski definition) is 6. The molecule has 0 aromatic carbocycles. The minimum Gasteiger partial charge on any atom is -0.361 e. The second-order valence-corrected chi connectivity index (χ2v) is 7.08. The van der Waals surface area contributed by atoms with Gasteiger partial charge in [0.15, 0.2) is 5.82 Å². The molecule has 4 rings (SSSR count). The number of hydrogen-bond donors (Lipinski definition) is 1. The monoisotopic (exact) mass is 341 g/mol. The Morgan fingerprint density at radius 1 is 1.32 bits per heavy atom. The van der Waals surface area contributed by atoms with Crippen LogP contribution in [0.2, 0.25) is 0 Å². The SMILES string of the molecule is Cc1noc(C)c1CC(=O)NCC1CN(c2cc3c(nn2)CCC3)C1. The first-order chi connectivity index (χ1) is 12.1. The molecule has 0 unspecified atom stereocenters. The first-order valence-corrected chi connectivity index (χ1v) is 8.89. The summed E-state index contributed by atoms with van der Waals surface area (Å²) in [6, 6.07) is 2.18. The van der Waals surface area contributed by atoms with Crippen molar-refractivity contribution < 1.29 is 9.32 Å². The van der Waals surface area contributed by atoms with Crippen LogP contribution in [0.3, 0.4) is 0 Å². The summed E-state index contributed by atoms with van der Waals surface area (Å²) in [5.41, 5.74) is 4.19.